The number of carbonyl (C=O) groups excluding carboxylic acids is 2. The van der Waals surface area contributed by atoms with Crippen LogP contribution in [0.25, 0.3) is 17.1 Å². The lowest BCUT2D eigenvalue weighted by molar-refractivity contribution is 0.0947. The third-order valence-corrected chi connectivity index (χ3v) is 5.82. The first kappa shape index (κ1) is 23.7. The number of fused-ring (bicyclic) bond motifs is 1. The minimum atomic E-state index is -0.561. The van der Waals surface area contributed by atoms with E-state index < -0.39 is 11.5 Å². The van der Waals surface area contributed by atoms with Crippen molar-refractivity contribution in [3.05, 3.63) is 105 Å². The van der Waals surface area contributed by atoms with Crippen LogP contribution in [-0.4, -0.2) is 26.2 Å². The Hall–Kier alpha value is -4.99. The SMILES string of the molecule is Cc1cc(C(=O)Nc2cccc(-c3nc(CNC(=O)c4cnc5ccccn5c4=O)c(C)o3)c2)c(C)o1. The van der Waals surface area contributed by atoms with Crippen LogP contribution in [0.5, 0.6) is 0 Å². The van der Waals surface area contributed by atoms with E-state index in [1.54, 1.807) is 75.5 Å². The molecule has 186 valence electrons. The maximum Gasteiger partial charge on any atom is 0.270 e. The summed E-state index contributed by atoms with van der Waals surface area (Å²) in [5.41, 5.74) is 2.11. The van der Waals surface area contributed by atoms with Gasteiger partial charge in [-0.25, -0.2) is 9.97 Å². The maximum atomic E-state index is 12.7. The first-order valence-electron chi connectivity index (χ1n) is 11.5. The Morgan fingerprint density at radius 2 is 1.78 bits per heavy atom. The highest BCUT2D eigenvalue weighted by Gasteiger charge is 2.17. The van der Waals surface area contributed by atoms with Crippen molar-refractivity contribution in [1.29, 1.82) is 0 Å². The smallest absolute Gasteiger partial charge is 0.270 e. The van der Waals surface area contributed by atoms with Crippen molar-refractivity contribution in [1.82, 2.24) is 19.7 Å². The minimum absolute atomic E-state index is 0.0562. The molecule has 10 nitrogen and oxygen atoms in total. The molecule has 0 radical (unpaired) electrons. The number of furan rings is 1. The van der Waals surface area contributed by atoms with E-state index in [1.165, 1.54) is 10.6 Å². The number of aromatic nitrogens is 3. The van der Waals surface area contributed by atoms with Gasteiger partial charge in [-0.15, -0.1) is 0 Å². The van der Waals surface area contributed by atoms with Gasteiger partial charge in [-0.05, 0) is 57.2 Å². The molecule has 5 rings (SSSR count). The summed E-state index contributed by atoms with van der Waals surface area (Å²) in [4.78, 5) is 46.6. The Morgan fingerprint density at radius 3 is 2.57 bits per heavy atom. The molecule has 0 saturated heterocycles. The number of aryl methyl sites for hydroxylation is 3. The molecule has 0 aliphatic rings. The Bertz CT molecular complexity index is 1710. The van der Waals surface area contributed by atoms with E-state index in [0.717, 1.165) is 0 Å². The molecule has 0 aliphatic heterocycles. The summed E-state index contributed by atoms with van der Waals surface area (Å²) in [5.74, 6) is 1.21. The fourth-order valence-corrected chi connectivity index (χ4v) is 3.94. The number of pyridine rings is 1. The first-order chi connectivity index (χ1) is 17.8. The van der Waals surface area contributed by atoms with E-state index >= 15 is 0 Å². The molecule has 0 unspecified atom stereocenters. The van der Waals surface area contributed by atoms with E-state index in [9.17, 15) is 14.4 Å². The number of amides is 2. The van der Waals surface area contributed by atoms with Gasteiger partial charge in [0.2, 0.25) is 5.89 Å². The van der Waals surface area contributed by atoms with Crippen molar-refractivity contribution in [3.63, 3.8) is 0 Å². The van der Waals surface area contributed by atoms with E-state index in [1.807, 2.05) is 0 Å². The summed E-state index contributed by atoms with van der Waals surface area (Å²) >= 11 is 0. The Morgan fingerprint density at radius 1 is 0.946 bits per heavy atom. The Labute approximate surface area is 211 Å². The van der Waals surface area contributed by atoms with Crippen molar-refractivity contribution in [2.45, 2.75) is 27.3 Å². The monoisotopic (exact) mass is 497 g/mol. The van der Waals surface area contributed by atoms with Gasteiger partial charge in [0.25, 0.3) is 17.4 Å². The fourth-order valence-electron chi connectivity index (χ4n) is 3.94. The van der Waals surface area contributed by atoms with Gasteiger partial charge >= 0.3 is 0 Å². The van der Waals surface area contributed by atoms with Crippen LogP contribution in [0.3, 0.4) is 0 Å². The zero-order valence-electron chi connectivity index (χ0n) is 20.4. The van der Waals surface area contributed by atoms with E-state index in [-0.39, 0.29) is 18.0 Å². The summed E-state index contributed by atoms with van der Waals surface area (Å²) in [5, 5.41) is 5.57. The van der Waals surface area contributed by atoms with Crippen LogP contribution in [0.1, 0.15) is 43.7 Å². The third kappa shape index (κ3) is 4.76. The number of anilines is 1. The van der Waals surface area contributed by atoms with Crippen LogP contribution in [0.15, 0.2) is 74.6 Å². The molecular weight excluding hydrogens is 474 g/mol. The zero-order chi connectivity index (χ0) is 26.1. The predicted octanol–water partition coefficient (Wildman–Crippen LogP) is 4.05. The number of benzene rings is 1. The molecule has 2 N–H and O–H groups in total. The van der Waals surface area contributed by atoms with Gasteiger partial charge in [0, 0.05) is 23.6 Å². The Balaban J connectivity index is 1.30. The van der Waals surface area contributed by atoms with E-state index in [4.69, 9.17) is 8.83 Å². The molecule has 0 aliphatic carbocycles. The van der Waals surface area contributed by atoms with Gasteiger partial charge in [-0.3, -0.25) is 18.8 Å². The number of carbonyl (C=O) groups is 2. The van der Waals surface area contributed by atoms with Gasteiger partial charge < -0.3 is 19.5 Å². The van der Waals surface area contributed by atoms with Gasteiger partial charge in [0.05, 0.1) is 12.1 Å². The second kappa shape index (κ2) is 9.57. The van der Waals surface area contributed by atoms with Crippen LogP contribution < -0.4 is 16.2 Å². The molecule has 0 atom stereocenters. The number of hydrogen-bond acceptors (Lipinski definition) is 7. The molecule has 4 aromatic heterocycles. The fraction of sp³-hybridized carbons (Fsp3) is 0.148. The molecule has 0 bridgehead atoms. The molecule has 0 saturated carbocycles. The van der Waals surface area contributed by atoms with Gasteiger partial charge in [0.1, 0.15) is 34.2 Å². The number of rotatable bonds is 6. The molecule has 5 aromatic rings. The van der Waals surface area contributed by atoms with Crippen molar-refractivity contribution < 1.29 is 18.4 Å². The second-order valence-corrected chi connectivity index (χ2v) is 8.47. The molecule has 4 heterocycles. The highest BCUT2D eigenvalue weighted by atomic mass is 16.4. The van der Waals surface area contributed by atoms with Crippen LogP contribution in [0, 0.1) is 20.8 Å². The number of hydrogen-bond donors (Lipinski definition) is 2. The highest BCUT2D eigenvalue weighted by molar-refractivity contribution is 6.05. The lowest BCUT2D eigenvalue weighted by Crippen LogP contribution is -2.31. The largest absolute Gasteiger partial charge is 0.466 e. The lowest BCUT2D eigenvalue weighted by atomic mass is 10.2. The molecule has 10 heteroatoms. The Kier molecular flexibility index (Phi) is 6.14. The molecule has 37 heavy (non-hydrogen) atoms. The number of nitrogens with one attached hydrogen (secondary N) is 2. The molecule has 0 fully saturated rings. The van der Waals surface area contributed by atoms with Crippen molar-refractivity contribution in [2.75, 3.05) is 5.32 Å². The summed E-state index contributed by atoms with van der Waals surface area (Å²) < 4.78 is 12.6. The average Bonchev–Trinajstić information content (AvgIpc) is 3.43. The highest BCUT2D eigenvalue weighted by Crippen LogP contribution is 2.25. The van der Waals surface area contributed by atoms with Gasteiger partial charge in [-0.1, -0.05) is 12.1 Å². The normalized spacial score (nSPS) is 11.0. The standard InChI is InChI=1S/C27H23N5O5/c1-15-11-20(16(2)36-15)25(34)30-19-8-6-7-18(12-19)26-31-22(17(3)37-26)14-29-24(33)21-13-28-23-9-4-5-10-32(23)27(21)35/h4-13H,14H2,1-3H3,(H,29,33)(H,30,34). The van der Waals surface area contributed by atoms with Crippen LogP contribution in [0.4, 0.5) is 5.69 Å². The second-order valence-electron chi connectivity index (χ2n) is 8.47. The minimum Gasteiger partial charge on any atom is -0.466 e. The van der Waals surface area contributed by atoms with E-state index in [0.29, 0.717) is 51.3 Å². The quantitative estimate of drug-likeness (QED) is 0.362. The lowest BCUT2D eigenvalue weighted by Gasteiger charge is -2.05. The van der Waals surface area contributed by atoms with E-state index in [2.05, 4.69) is 20.6 Å². The molecular formula is C27H23N5O5. The van der Waals surface area contributed by atoms with Gasteiger partial charge in [0.15, 0.2) is 0 Å². The summed E-state index contributed by atoms with van der Waals surface area (Å²) in [6.45, 7) is 5.31. The van der Waals surface area contributed by atoms with Crippen molar-refractivity contribution >= 4 is 23.1 Å². The van der Waals surface area contributed by atoms with Crippen LogP contribution >= 0.6 is 0 Å². The van der Waals surface area contributed by atoms with Crippen molar-refractivity contribution in [3.8, 4) is 11.5 Å². The summed E-state index contributed by atoms with van der Waals surface area (Å²) in [7, 11) is 0. The molecule has 2 amide bonds. The average molecular weight is 498 g/mol. The topological polar surface area (TPSA) is 132 Å². The van der Waals surface area contributed by atoms with Crippen LogP contribution in [0.2, 0.25) is 0 Å². The first-order valence-corrected chi connectivity index (χ1v) is 11.5. The van der Waals surface area contributed by atoms with Gasteiger partial charge in [-0.2, -0.15) is 0 Å². The van der Waals surface area contributed by atoms with Crippen molar-refractivity contribution in [2.24, 2.45) is 0 Å². The maximum absolute atomic E-state index is 12.7. The number of nitrogens with zero attached hydrogens (tertiary/aromatic N) is 3. The molecule has 1 aromatic carbocycles. The number of oxazole rings is 1. The molecule has 0 spiro atoms. The third-order valence-electron chi connectivity index (χ3n) is 5.82. The van der Waals surface area contributed by atoms with Crippen LogP contribution in [-0.2, 0) is 6.54 Å². The summed E-state index contributed by atoms with van der Waals surface area (Å²) in [6, 6.07) is 13.9. The summed E-state index contributed by atoms with van der Waals surface area (Å²) in [6.07, 6.45) is 2.82. The zero-order valence-corrected chi connectivity index (χ0v) is 20.4. The predicted molar refractivity (Wildman–Crippen MR) is 135 cm³/mol.